The molecule has 0 amide bonds. The van der Waals surface area contributed by atoms with Crippen molar-refractivity contribution >= 4 is 17.5 Å². The van der Waals surface area contributed by atoms with Gasteiger partial charge in [-0.25, -0.2) is 9.37 Å². The van der Waals surface area contributed by atoms with Gasteiger partial charge in [-0.15, -0.1) is 0 Å². The second-order valence-electron chi connectivity index (χ2n) is 8.61. The van der Waals surface area contributed by atoms with Gasteiger partial charge in [0.05, 0.1) is 18.9 Å². The molecule has 1 aromatic heterocycles. The Morgan fingerprint density at radius 3 is 2.67 bits per heavy atom. The molecule has 1 N–H and O–H groups in total. The Balaban J connectivity index is 1.34. The van der Waals surface area contributed by atoms with E-state index in [9.17, 15) is 9.18 Å². The molecular formula is C22H26ClFN4O2. The van der Waals surface area contributed by atoms with E-state index < -0.39 is 0 Å². The van der Waals surface area contributed by atoms with E-state index in [1.807, 2.05) is 0 Å². The fourth-order valence-electron chi connectivity index (χ4n) is 5.08. The zero-order valence-electron chi connectivity index (χ0n) is 16.9. The first-order valence-electron chi connectivity index (χ1n) is 10.7. The van der Waals surface area contributed by atoms with Crippen LogP contribution in [0, 0.1) is 5.82 Å². The number of ether oxygens (including phenoxy) is 1. The van der Waals surface area contributed by atoms with Crippen LogP contribution in [0.4, 0.5) is 10.3 Å². The van der Waals surface area contributed by atoms with Crippen molar-refractivity contribution in [2.45, 2.75) is 37.6 Å². The highest BCUT2D eigenvalue weighted by atomic mass is 35.5. The first kappa shape index (κ1) is 20.0. The summed E-state index contributed by atoms with van der Waals surface area (Å²) in [6.45, 7) is 5.36. The van der Waals surface area contributed by atoms with Gasteiger partial charge in [-0.05, 0) is 56.5 Å². The molecule has 1 aromatic carbocycles. The Bertz CT molecular complexity index is 997. The molecule has 0 radical (unpaired) electrons. The predicted octanol–water partition coefficient (Wildman–Crippen LogP) is 2.88. The van der Waals surface area contributed by atoms with Crippen molar-refractivity contribution in [1.82, 2.24) is 14.9 Å². The van der Waals surface area contributed by atoms with Crippen LogP contribution in [0.2, 0.25) is 5.02 Å². The highest BCUT2D eigenvalue weighted by molar-refractivity contribution is 6.31. The van der Waals surface area contributed by atoms with Gasteiger partial charge in [0, 0.05) is 35.6 Å². The van der Waals surface area contributed by atoms with Crippen LogP contribution in [0.1, 0.15) is 36.1 Å². The van der Waals surface area contributed by atoms with Gasteiger partial charge in [0.15, 0.2) is 0 Å². The number of likely N-dealkylation sites (tertiary alicyclic amines) is 1. The molecule has 3 heterocycles. The van der Waals surface area contributed by atoms with Gasteiger partial charge in [0.25, 0.3) is 5.56 Å². The van der Waals surface area contributed by atoms with Crippen LogP contribution >= 0.6 is 11.6 Å². The van der Waals surface area contributed by atoms with E-state index >= 15 is 0 Å². The summed E-state index contributed by atoms with van der Waals surface area (Å²) in [6.07, 6.45) is 3.72. The molecule has 3 aliphatic rings. The zero-order chi connectivity index (χ0) is 20.7. The van der Waals surface area contributed by atoms with Crippen molar-refractivity contribution < 1.29 is 9.13 Å². The fraction of sp³-hybridized carbons (Fsp3) is 0.545. The van der Waals surface area contributed by atoms with Crippen LogP contribution in [0.25, 0.3) is 0 Å². The van der Waals surface area contributed by atoms with E-state index in [1.54, 1.807) is 6.07 Å². The summed E-state index contributed by atoms with van der Waals surface area (Å²) in [6, 6.07) is 4.60. The third-order valence-corrected chi connectivity index (χ3v) is 7.24. The molecule has 160 valence electrons. The van der Waals surface area contributed by atoms with E-state index in [2.05, 4.69) is 14.8 Å². The van der Waals surface area contributed by atoms with Gasteiger partial charge in [-0.3, -0.25) is 14.7 Å². The highest BCUT2D eigenvalue weighted by Crippen LogP contribution is 2.44. The van der Waals surface area contributed by atoms with Crippen LogP contribution in [0.5, 0.6) is 0 Å². The van der Waals surface area contributed by atoms with Crippen molar-refractivity contribution in [2.24, 2.45) is 0 Å². The molecule has 2 aliphatic heterocycles. The number of nitrogens with zero attached hydrogens (tertiary/aromatic N) is 3. The molecule has 0 bridgehead atoms. The number of hydrogen-bond acceptors (Lipinski definition) is 5. The van der Waals surface area contributed by atoms with E-state index in [-0.39, 0.29) is 16.8 Å². The van der Waals surface area contributed by atoms with Gasteiger partial charge < -0.3 is 9.64 Å². The van der Waals surface area contributed by atoms with E-state index in [4.69, 9.17) is 21.3 Å². The molecule has 0 saturated carbocycles. The van der Waals surface area contributed by atoms with Crippen LogP contribution in [-0.4, -0.2) is 54.3 Å². The van der Waals surface area contributed by atoms with E-state index in [0.717, 1.165) is 68.7 Å². The monoisotopic (exact) mass is 432 g/mol. The standard InChI is InChI=1S/C22H26ClFN4O2/c23-18-13-16(24)2-1-15(18)14-27-7-5-22(6-8-27)4-3-17-19(22)25-21(26-20(17)29)28-9-11-30-12-10-28/h1-2,13H,3-12,14H2,(H,25,26,29). The van der Waals surface area contributed by atoms with Gasteiger partial charge in [-0.1, -0.05) is 17.7 Å². The topological polar surface area (TPSA) is 61.5 Å². The lowest BCUT2D eigenvalue weighted by Gasteiger charge is -2.39. The maximum absolute atomic E-state index is 13.3. The van der Waals surface area contributed by atoms with Crippen LogP contribution in [0.3, 0.4) is 0 Å². The molecule has 0 unspecified atom stereocenters. The summed E-state index contributed by atoms with van der Waals surface area (Å²) in [7, 11) is 0. The predicted molar refractivity (Wildman–Crippen MR) is 114 cm³/mol. The Labute approximate surface area is 180 Å². The second-order valence-corrected chi connectivity index (χ2v) is 9.02. The third-order valence-electron chi connectivity index (χ3n) is 6.89. The Hall–Kier alpha value is -1.96. The number of nitrogens with one attached hydrogen (secondary N) is 1. The minimum Gasteiger partial charge on any atom is -0.378 e. The second kappa shape index (κ2) is 7.94. The molecule has 1 spiro atoms. The lowest BCUT2D eigenvalue weighted by molar-refractivity contribution is 0.122. The number of anilines is 1. The van der Waals surface area contributed by atoms with Crippen molar-refractivity contribution in [2.75, 3.05) is 44.3 Å². The summed E-state index contributed by atoms with van der Waals surface area (Å²) in [4.78, 5) is 25.2. The summed E-state index contributed by atoms with van der Waals surface area (Å²) < 4.78 is 18.8. The summed E-state index contributed by atoms with van der Waals surface area (Å²) in [5, 5.41) is 0.477. The first-order chi connectivity index (χ1) is 14.5. The fourth-order valence-corrected chi connectivity index (χ4v) is 5.31. The zero-order valence-corrected chi connectivity index (χ0v) is 17.7. The quantitative estimate of drug-likeness (QED) is 0.808. The molecule has 8 heteroatoms. The van der Waals surface area contributed by atoms with Gasteiger partial charge >= 0.3 is 0 Å². The normalized spacial score (nSPS) is 21.2. The van der Waals surface area contributed by atoms with Gasteiger partial charge in [0.1, 0.15) is 5.82 Å². The van der Waals surface area contributed by atoms with Crippen molar-refractivity contribution in [3.8, 4) is 0 Å². The molecule has 0 atom stereocenters. The number of piperidine rings is 1. The SMILES string of the molecule is O=c1[nH]c(N2CCOCC2)nc2c1CCC21CCN(Cc2ccc(F)cc2Cl)CC1. The molecule has 2 saturated heterocycles. The molecule has 30 heavy (non-hydrogen) atoms. The van der Waals surface area contributed by atoms with Gasteiger partial charge in [-0.2, -0.15) is 0 Å². The maximum atomic E-state index is 13.3. The average Bonchev–Trinajstić information content (AvgIpc) is 3.11. The number of hydrogen-bond donors (Lipinski definition) is 1. The third kappa shape index (κ3) is 3.63. The highest BCUT2D eigenvalue weighted by Gasteiger charge is 2.44. The van der Waals surface area contributed by atoms with Crippen LogP contribution in [-0.2, 0) is 23.1 Å². The molecule has 2 fully saturated rings. The summed E-state index contributed by atoms with van der Waals surface area (Å²) in [5.41, 5.74) is 2.81. The summed E-state index contributed by atoms with van der Waals surface area (Å²) >= 11 is 6.22. The number of rotatable bonds is 3. The van der Waals surface area contributed by atoms with Crippen LogP contribution < -0.4 is 10.5 Å². The Morgan fingerprint density at radius 2 is 1.93 bits per heavy atom. The number of fused-ring (bicyclic) bond motifs is 2. The van der Waals surface area contributed by atoms with Gasteiger partial charge in [0.2, 0.25) is 5.95 Å². The lowest BCUT2D eigenvalue weighted by atomic mass is 9.76. The van der Waals surface area contributed by atoms with E-state index in [1.165, 1.54) is 12.1 Å². The number of halogens is 2. The number of aromatic nitrogens is 2. The van der Waals surface area contributed by atoms with Crippen molar-refractivity contribution in [1.29, 1.82) is 0 Å². The molecule has 6 nitrogen and oxygen atoms in total. The lowest BCUT2D eigenvalue weighted by Crippen LogP contribution is -2.43. The molecule has 5 rings (SSSR count). The molecule has 1 aliphatic carbocycles. The summed E-state index contributed by atoms with van der Waals surface area (Å²) in [5.74, 6) is 0.375. The van der Waals surface area contributed by atoms with E-state index in [0.29, 0.717) is 30.7 Å². The minimum atomic E-state index is -0.309. The van der Waals surface area contributed by atoms with Crippen molar-refractivity contribution in [3.05, 3.63) is 56.2 Å². The molecule has 2 aromatic rings. The smallest absolute Gasteiger partial charge is 0.255 e. The number of aromatic amines is 1. The van der Waals surface area contributed by atoms with Crippen LogP contribution in [0.15, 0.2) is 23.0 Å². The number of H-pyrrole nitrogens is 1. The molecular weight excluding hydrogens is 407 g/mol. The number of morpholine rings is 1. The first-order valence-corrected chi connectivity index (χ1v) is 11.0. The Kier molecular flexibility index (Phi) is 5.29. The maximum Gasteiger partial charge on any atom is 0.255 e. The number of benzene rings is 1. The largest absolute Gasteiger partial charge is 0.378 e. The van der Waals surface area contributed by atoms with Crippen molar-refractivity contribution in [3.63, 3.8) is 0 Å². The average molecular weight is 433 g/mol. The Morgan fingerprint density at radius 1 is 1.17 bits per heavy atom. The minimum absolute atomic E-state index is 0.0129.